The van der Waals surface area contributed by atoms with E-state index in [1.165, 1.54) is 11.8 Å². The molecule has 166 valence electrons. The van der Waals surface area contributed by atoms with Crippen LogP contribution < -0.4 is 25.8 Å². The second kappa shape index (κ2) is 9.47. The van der Waals surface area contributed by atoms with Crippen molar-refractivity contribution in [3.05, 3.63) is 77.7 Å². The van der Waals surface area contributed by atoms with E-state index < -0.39 is 5.91 Å². The number of furan rings is 1. The lowest BCUT2D eigenvalue weighted by Crippen LogP contribution is -2.44. The van der Waals surface area contributed by atoms with Crippen molar-refractivity contribution in [3.8, 4) is 5.75 Å². The van der Waals surface area contributed by atoms with Crippen molar-refractivity contribution < 1.29 is 18.7 Å². The molecule has 3 N–H and O–H groups in total. The van der Waals surface area contributed by atoms with Crippen molar-refractivity contribution in [1.29, 1.82) is 0 Å². The fraction of sp³-hybridized carbons (Fsp3) is 0.250. The monoisotopic (exact) mass is 434 g/mol. The normalized spacial score (nSPS) is 14.6. The van der Waals surface area contributed by atoms with Crippen molar-refractivity contribution >= 4 is 23.2 Å². The van der Waals surface area contributed by atoms with Gasteiger partial charge in [0.2, 0.25) is 0 Å². The zero-order valence-electron chi connectivity index (χ0n) is 18.1. The number of hydrogen-bond acceptors (Lipinski definition) is 6. The van der Waals surface area contributed by atoms with Gasteiger partial charge in [0.15, 0.2) is 0 Å². The minimum Gasteiger partial charge on any atom is -0.497 e. The molecule has 8 heteroatoms. The average Bonchev–Trinajstić information content (AvgIpc) is 3.41. The van der Waals surface area contributed by atoms with Gasteiger partial charge >= 0.3 is 0 Å². The third-order valence-electron chi connectivity index (χ3n) is 5.51. The van der Waals surface area contributed by atoms with Gasteiger partial charge in [0.1, 0.15) is 11.5 Å². The van der Waals surface area contributed by atoms with Gasteiger partial charge in [-0.25, -0.2) is 0 Å². The molecule has 1 aliphatic heterocycles. The molecule has 32 heavy (non-hydrogen) atoms. The molecule has 0 fully saturated rings. The number of methoxy groups -OCH3 is 1. The van der Waals surface area contributed by atoms with E-state index in [1.807, 2.05) is 12.1 Å². The quantitative estimate of drug-likeness (QED) is 0.495. The highest BCUT2D eigenvalue weighted by molar-refractivity contribution is 5.96. The molecule has 0 aliphatic carbocycles. The van der Waals surface area contributed by atoms with Crippen LogP contribution in [0.3, 0.4) is 0 Å². The van der Waals surface area contributed by atoms with Crippen molar-refractivity contribution in [1.82, 2.24) is 10.9 Å². The van der Waals surface area contributed by atoms with E-state index >= 15 is 0 Å². The Morgan fingerprint density at radius 2 is 1.88 bits per heavy atom. The highest BCUT2D eigenvalue weighted by Crippen LogP contribution is 2.33. The Bertz CT molecular complexity index is 1090. The molecule has 1 atom stereocenters. The number of amides is 2. The summed E-state index contributed by atoms with van der Waals surface area (Å²) in [5.74, 6) is 0.486. The second-order valence-corrected chi connectivity index (χ2v) is 7.65. The summed E-state index contributed by atoms with van der Waals surface area (Å²) in [6, 6.07) is 17.4. The molecule has 2 aromatic carbocycles. The van der Waals surface area contributed by atoms with E-state index in [0.717, 1.165) is 23.5 Å². The molecule has 8 nitrogen and oxygen atoms in total. The van der Waals surface area contributed by atoms with Gasteiger partial charge in [-0.1, -0.05) is 18.2 Å². The molecule has 0 spiro atoms. The standard InChI is InChI=1S/C24H26N4O4/c1-16-13-17-5-3-4-6-21(17)28(16)15-22-20(11-12-32-22)24(30)27-26-23(29)14-25-18-7-9-19(31-2)10-8-18/h3-12,16,25H,13-15H2,1-2H3,(H,26,29)(H,27,30). The lowest BCUT2D eigenvalue weighted by molar-refractivity contribution is -0.120. The minimum absolute atomic E-state index is 0.00687. The van der Waals surface area contributed by atoms with Crippen LogP contribution in [0.15, 0.2) is 65.3 Å². The first-order chi connectivity index (χ1) is 15.5. The number of fused-ring (bicyclic) bond motifs is 1. The second-order valence-electron chi connectivity index (χ2n) is 7.65. The van der Waals surface area contributed by atoms with Crippen LogP contribution in [0.5, 0.6) is 5.75 Å². The van der Waals surface area contributed by atoms with Crippen LogP contribution in [0.2, 0.25) is 0 Å². The number of carbonyl (C=O) groups excluding carboxylic acids is 2. The van der Waals surface area contributed by atoms with Crippen molar-refractivity contribution in [2.75, 3.05) is 23.9 Å². The molecule has 2 heterocycles. The summed E-state index contributed by atoms with van der Waals surface area (Å²) in [5.41, 5.74) is 8.49. The zero-order valence-corrected chi connectivity index (χ0v) is 18.1. The smallest absolute Gasteiger partial charge is 0.273 e. The summed E-state index contributed by atoms with van der Waals surface area (Å²) in [4.78, 5) is 27.0. The molecule has 0 saturated carbocycles. The van der Waals surface area contributed by atoms with Crippen LogP contribution in [0.1, 0.15) is 28.6 Å². The number of para-hydroxylation sites is 1. The van der Waals surface area contributed by atoms with Gasteiger partial charge in [0.25, 0.3) is 11.8 Å². The third-order valence-corrected chi connectivity index (χ3v) is 5.51. The summed E-state index contributed by atoms with van der Waals surface area (Å²) in [7, 11) is 1.59. The Balaban J connectivity index is 1.31. The van der Waals surface area contributed by atoms with E-state index in [1.54, 1.807) is 37.4 Å². The van der Waals surface area contributed by atoms with Gasteiger partial charge in [-0.05, 0) is 55.3 Å². The maximum Gasteiger partial charge on any atom is 0.273 e. The van der Waals surface area contributed by atoms with Crippen LogP contribution in [-0.4, -0.2) is 31.5 Å². The summed E-state index contributed by atoms with van der Waals surface area (Å²) >= 11 is 0. The SMILES string of the molecule is COc1ccc(NCC(=O)NNC(=O)c2ccoc2CN2c3ccccc3CC2C)cc1. The van der Waals surface area contributed by atoms with Crippen LogP contribution in [0.25, 0.3) is 0 Å². The number of hydrogen-bond donors (Lipinski definition) is 3. The van der Waals surface area contributed by atoms with Gasteiger partial charge < -0.3 is 19.4 Å². The average molecular weight is 434 g/mol. The number of benzene rings is 2. The van der Waals surface area contributed by atoms with Crippen LogP contribution in [0, 0.1) is 0 Å². The van der Waals surface area contributed by atoms with Gasteiger partial charge in [-0.3, -0.25) is 20.4 Å². The fourth-order valence-corrected chi connectivity index (χ4v) is 3.82. The lowest BCUT2D eigenvalue weighted by atomic mass is 10.1. The van der Waals surface area contributed by atoms with E-state index in [2.05, 4.69) is 40.1 Å². The summed E-state index contributed by atoms with van der Waals surface area (Å²) in [6.45, 7) is 2.63. The van der Waals surface area contributed by atoms with E-state index in [0.29, 0.717) is 23.9 Å². The van der Waals surface area contributed by atoms with Crippen molar-refractivity contribution in [3.63, 3.8) is 0 Å². The summed E-state index contributed by atoms with van der Waals surface area (Å²) < 4.78 is 10.7. The molecule has 0 radical (unpaired) electrons. The van der Waals surface area contributed by atoms with Gasteiger partial charge in [0, 0.05) is 17.4 Å². The lowest BCUT2D eigenvalue weighted by Gasteiger charge is -2.24. The summed E-state index contributed by atoms with van der Waals surface area (Å²) in [5, 5.41) is 2.98. The Morgan fingerprint density at radius 1 is 1.09 bits per heavy atom. The maximum atomic E-state index is 12.6. The van der Waals surface area contributed by atoms with Gasteiger partial charge in [-0.15, -0.1) is 0 Å². The topological polar surface area (TPSA) is 95.8 Å². The van der Waals surface area contributed by atoms with Crippen LogP contribution >= 0.6 is 0 Å². The minimum atomic E-state index is -0.424. The molecule has 0 bridgehead atoms. The van der Waals surface area contributed by atoms with E-state index in [-0.39, 0.29) is 12.5 Å². The fourth-order valence-electron chi connectivity index (χ4n) is 3.82. The Morgan fingerprint density at radius 3 is 2.66 bits per heavy atom. The highest BCUT2D eigenvalue weighted by Gasteiger charge is 2.28. The molecular formula is C24H26N4O4. The zero-order chi connectivity index (χ0) is 22.5. The van der Waals surface area contributed by atoms with Crippen LogP contribution in [0.4, 0.5) is 11.4 Å². The Kier molecular flexibility index (Phi) is 6.30. The maximum absolute atomic E-state index is 12.6. The number of nitrogens with one attached hydrogen (secondary N) is 3. The van der Waals surface area contributed by atoms with E-state index in [9.17, 15) is 9.59 Å². The van der Waals surface area contributed by atoms with Crippen LogP contribution in [-0.2, 0) is 17.8 Å². The molecule has 1 aliphatic rings. The summed E-state index contributed by atoms with van der Waals surface area (Å²) in [6.07, 6.45) is 2.44. The first-order valence-corrected chi connectivity index (χ1v) is 10.4. The number of nitrogens with zero attached hydrogens (tertiary/aromatic N) is 1. The predicted molar refractivity (Wildman–Crippen MR) is 122 cm³/mol. The van der Waals surface area contributed by atoms with Gasteiger partial charge in [0.05, 0.1) is 32.0 Å². The Labute approximate surface area is 186 Å². The first kappa shape index (κ1) is 21.3. The van der Waals surface area contributed by atoms with Gasteiger partial charge in [-0.2, -0.15) is 0 Å². The molecule has 3 aromatic rings. The number of hydrazine groups is 1. The van der Waals surface area contributed by atoms with Crippen molar-refractivity contribution in [2.24, 2.45) is 0 Å². The number of carbonyl (C=O) groups is 2. The molecule has 1 unspecified atom stereocenters. The molecular weight excluding hydrogens is 408 g/mol. The largest absolute Gasteiger partial charge is 0.497 e. The number of rotatable bonds is 7. The third kappa shape index (κ3) is 4.69. The first-order valence-electron chi connectivity index (χ1n) is 10.4. The van der Waals surface area contributed by atoms with E-state index in [4.69, 9.17) is 9.15 Å². The number of anilines is 2. The Hall–Kier alpha value is -3.94. The molecule has 1 aromatic heterocycles. The highest BCUT2D eigenvalue weighted by atomic mass is 16.5. The predicted octanol–water partition coefficient (Wildman–Crippen LogP) is 3.11. The molecule has 4 rings (SSSR count). The molecule has 2 amide bonds. The van der Waals surface area contributed by atoms with Crippen molar-refractivity contribution in [2.45, 2.75) is 25.9 Å². The number of ether oxygens (including phenoxy) is 1. The molecule has 0 saturated heterocycles.